The molecular weight excluding hydrogens is 196 g/mol. The maximum atomic E-state index is 10.7. The van der Waals surface area contributed by atoms with Crippen LogP contribution in [0.3, 0.4) is 0 Å². The first-order valence-corrected chi connectivity index (χ1v) is 5.25. The number of rotatable bonds is 5. The summed E-state index contributed by atoms with van der Waals surface area (Å²) in [6.07, 6.45) is 1.46. The van der Waals surface area contributed by atoms with Crippen LogP contribution >= 0.6 is 12.6 Å². The zero-order valence-corrected chi connectivity index (χ0v) is 8.78. The molecule has 3 heteroatoms. The molecule has 0 aliphatic carbocycles. The van der Waals surface area contributed by atoms with Crippen LogP contribution < -0.4 is 0 Å². The van der Waals surface area contributed by atoms with Crippen molar-refractivity contribution in [2.24, 2.45) is 5.92 Å². The lowest BCUT2D eigenvalue weighted by Crippen LogP contribution is -2.16. The van der Waals surface area contributed by atoms with Crippen molar-refractivity contribution in [1.82, 2.24) is 0 Å². The molecule has 0 amide bonds. The summed E-state index contributed by atoms with van der Waals surface area (Å²) in [4.78, 5) is 10.7. The van der Waals surface area contributed by atoms with E-state index in [4.69, 9.17) is 5.11 Å². The van der Waals surface area contributed by atoms with Crippen molar-refractivity contribution in [3.8, 4) is 0 Å². The second kappa shape index (κ2) is 5.70. The number of carbonyl (C=O) groups is 1. The van der Waals surface area contributed by atoms with Gasteiger partial charge in [0.15, 0.2) is 0 Å². The fourth-order valence-electron chi connectivity index (χ4n) is 1.28. The number of aryl methyl sites for hydroxylation is 1. The SMILES string of the molecule is O=C(O)C(CS)CCc1ccccc1. The quantitative estimate of drug-likeness (QED) is 0.731. The Balaban J connectivity index is 2.44. The third-order valence-electron chi connectivity index (χ3n) is 2.19. The minimum absolute atomic E-state index is 0.335. The molecule has 1 unspecified atom stereocenters. The molecule has 0 aliphatic heterocycles. The summed E-state index contributed by atoms with van der Waals surface area (Å²) < 4.78 is 0. The third kappa shape index (κ3) is 3.42. The van der Waals surface area contributed by atoms with Gasteiger partial charge in [0.1, 0.15) is 0 Å². The molecule has 0 bridgehead atoms. The zero-order chi connectivity index (χ0) is 10.4. The van der Waals surface area contributed by atoms with E-state index in [9.17, 15) is 4.79 Å². The predicted molar refractivity (Wildman–Crippen MR) is 59.7 cm³/mol. The van der Waals surface area contributed by atoms with Crippen molar-refractivity contribution in [3.05, 3.63) is 35.9 Å². The fraction of sp³-hybridized carbons (Fsp3) is 0.364. The van der Waals surface area contributed by atoms with E-state index < -0.39 is 5.97 Å². The van der Waals surface area contributed by atoms with Crippen LogP contribution in [0.25, 0.3) is 0 Å². The maximum Gasteiger partial charge on any atom is 0.307 e. The molecule has 14 heavy (non-hydrogen) atoms. The van der Waals surface area contributed by atoms with E-state index in [1.807, 2.05) is 30.3 Å². The smallest absolute Gasteiger partial charge is 0.307 e. The van der Waals surface area contributed by atoms with Crippen LogP contribution in [0.2, 0.25) is 0 Å². The molecule has 0 aromatic heterocycles. The molecule has 1 aromatic rings. The van der Waals surface area contributed by atoms with Gasteiger partial charge in [-0.25, -0.2) is 0 Å². The van der Waals surface area contributed by atoms with Crippen molar-refractivity contribution in [2.75, 3.05) is 5.75 Å². The summed E-state index contributed by atoms with van der Waals surface area (Å²) in [5.74, 6) is -0.684. The molecule has 0 aliphatic rings. The molecule has 0 saturated carbocycles. The summed E-state index contributed by atoms with van der Waals surface area (Å²) in [6.45, 7) is 0. The molecule has 1 atom stereocenters. The number of aliphatic carboxylic acids is 1. The molecule has 1 N–H and O–H groups in total. The van der Waals surface area contributed by atoms with Crippen LogP contribution in [0.4, 0.5) is 0 Å². The molecule has 1 rings (SSSR count). The maximum absolute atomic E-state index is 10.7. The number of hydrogen-bond donors (Lipinski definition) is 2. The van der Waals surface area contributed by atoms with Gasteiger partial charge in [-0.15, -0.1) is 0 Å². The minimum Gasteiger partial charge on any atom is -0.481 e. The molecule has 0 saturated heterocycles. The molecule has 1 aromatic carbocycles. The summed E-state index contributed by atoms with van der Waals surface area (Å²) in [5, 5.41) is 8.80. The predicted octanol–water partition coefficient (Wildman–Crippen LogP) is 2.25. The Hall–Kier alpha value is -0.960. The highest BCUT2D eigenvalue weighted by Gasteiger charge is 2.14. The number of hydrogen-bond acceptors (Lipinski definition) is 2. The third-order valence-corrected chi connectivity index (χ3v) is 2.63. The first-order chi connectivity index (χ1) is 6.74. The largest absolute Gasteiger partial charge is 0.481 e. The lowest BCUT2D eigenvalue weighted by molar-refractivity contribution is -0.141. The number of carboxylic acid groups (broad SMARTS) is 1. The van der Waals surface area contributed by atoms with Gasteiger partial charge in [-0.1, -0.05) is 30.3 Å². The first-order valence-electron chi connectivity index (χ1n) is 4.61. The van der Waals surface area contributed by atoms with Gasteiger partial charge >= 0.3 is 5.97 Å². The minimum atomic E-state index is -0.754. The van der Waals surface area contributed by atoms with E-state index in [0.717, 1.165) is 6.42 Å². The Morgan fingerprint density at radius 3 is 2.50 bits per heavy atom. The number of carboxylic acids is 1. The Morgan fingerprint density at radius 1 is 1.36 bits per heavy atom. The van der Waals surface area contributed by atoms with Gasteiger partial charge in [0.25, 0.3) is 0 Å². The van der Waals surface area contributed by atoms with Crippen LogP contribution in [0.1, 0.15) is 12.0 Å². The van der Waals surface area contributed by atoms with Crippen LogP contribution in [-0.2, 0) is 11.2 Å². The van der Waals surface area contributed by atoms with Gasteiger partial charge in [0, 0.05) is 5.75 Å². The average molecular weight is 210 g/mol. The molecule has 2 nitrogen and oxygen atoms in total. The molecule has 0 spiro atoms. The fourth-order valence-corrected chi connectivity index (χ4v) is 1.62. The Morgan fingerprint density at radius 2 is 2.00 bits per heavy atom. The summed E-state index contributed by atoms with van der Waals surface area (Å²) in [6, 6.07) is 9.91. The number of thiol groups is 1. The van der Waals surface area contributed by atoms with Gasteiger partial charge in [-0.05, 0) is 18.4 Å². The monoisotopic (exact) mass is 210 g/mol. The van der Waals surface area contributed by atoms with E-state index in [1.54, 1.807) is 0 Å². The molecule has 0 radical (unpaired) electrons. The van der Waals surface area contributed by atoms with Crippen LogP contribution in [-0.4, -0.2) is 16.8 Å². The highest BCUT2D eigenvalue weighted by atomic mass is 32.1. The molecular formula is C11H14O2S. The van der Waals surface area contributed by atoms with Crippen LogP contribution in [0.5, 0.6) is 0 Å². The summed E-state index contributed by atoms with van der Waals surface area (Å²) in [7, 11) is 0. The standard InChI is InChI=1S/C11H14O2S/c12-11(13)10(8-14)7-6-9-4-2-1-3-5-9/h1-5,10,14H,6-8H2,(H,12,13). The van der Waals surface area contributed by atoms with Crippen molar-refractivity contribution >= 4 is 18.6 Å². The van der Waals surface area contributed by atoms with Gasteiger partial charge in [0.05, 0.1) is 5.92 Å². The van der Waals surface area contributed by atoms with Crippen LogP contribution in [0, 0.1) is 5.92 Å². The van der Waals surface area contributed by atoms with E-state index in [2.05, 4.69) is 12.6 Å². The number of benzene rings is 1. The van der Waals surface area contributed by atoms with Crippen molar-refractivity contribution in [2.45, 2.75) is 12.8 Å². The van der Waals surface area contributed by atoms with Gasteiger partial charge in [-0.2, -0.15) is 12.6 Å². The molecule has 76 valence electrons. The Kier molecular flexibility index (Phi) is 4.53. The summed E-state index contributed by atoms with van der Waals surface area (Å²) >= 11 is 4.02. The van der Waals surface area contributed by atoms with Gasteiger partial charge < -0.3 is 5.11 Å². The van der Waals surface area contributed by atoms with E-state index in [1.165, 1.54) is 5.56 Å². The lowest BCUT2D eigenvalue weighted by Gasteiger charge is -2.08. The molecule has 0 fully saturated rings. The topological polar surface area (TPSA) is 37.3 Å². The summed E-state index contributed by atoms with van der Waals surface area (Å²) in [5.41, 5.74) is 1.18. The lowest BCUT2D eigenvalue weighted by atomic mass is 10.0. The Labute approximate surface area is 89.4 Å². The first kappa shape index (κ1) is 11.1. The average Bonchev–Trinajstić information content (AvgIpc) is 2.20. The second-order valence-electron chi connectivity index (χ2n) is 3.24. The van der Waals surface area contributed by atoms with E-state index in [0.29, 0.717) is 12.2 Å². The normalized spacial score (nSPS) is 12.4. The second-order valence-corrected chi connectivity index (χ2v) is 3.61. The van der Waals surface area contributed by atoms with Crippen molar-refractivity contribution in [3.63, 3.8) is 0 Å². The van der Waals surface area contributed by atoms with Crippen molar-refractivity contribution < 1.29 is 9.90 Å². The van der Waals surface area contributed by atoms with E-state index in [-0.39, 0.29) is 5.92 Å². The highest BCUT2D eigenvalue weighted by Crippen LogP contribution is 2.11. The highest BCUT2D eigenvalue weighted by molar-refractivity contribution is 7.80. The zero-order valence-electron chi connectivity index (χ0n) is 7.89. The molecule has 0 heterocycles. The van der Waals surface area contributed by atoms with Crippen molar-refractivity contribution in [1.29, 1.82) is 0 Å². The van der Waals surface area contributed by atoms with Gasteiger partial charge in [-0.3, -0.25) is 4.79 Å². The van der Waals surface area contributed by atoms with Crippen LogP contribution in [0.15, 0.2) is 30.3 Å². The van der Waals surface area contributed by atoms with Gasteiger partial charge in [0.2, 0.25) is 0 Å². The Bertz CT molecular complexity index is 285. The van der Waals surface area contributed by atoms with E-state index >= 15 is 0 Å².